The minimum Gasteiger partial charge on any atom is -0.342 e. The maximum absolute atomic E-state index is 12.2. The Kier molecular flexibility index (Phi) is 3.48. The number of carbonyl (C=O) groups is 1. The number of piperidine rings is 1. The Balaban J connectivity index is 1.57. The summed E-state index contributed by atoms with van der Waals surface area (Å²) in [6.07, 6.45) is 2.66. The highest BCUT2D eigenvalue weighted by Crippen LogP contribution is 2.54. The predicted molar refractivity (Wildman–Crippen MR) is 77.5 cm³/mol. The molecule has 1 aliphatic heterocycles. The van der Waals surface area contributed by atoms with Crippen molar-refractivity contribution >= 4 is 29.1 Å². The molecule has 1 atom stereocenters. The first-order valence-corrected chi connectivity index (χ1v) is 7.55. The molecular weight excluding hydrogens is 281 g/mol. The summed E-state index contributed by atoms with van der Waals surface area (Å²) < 4.78 is -0.798. The summed E-state index contributed by atoms with van der Waals surface area (Å²) in [6, 6.07) is 10.5. The van der Waals surface area contributed by atoms with Gasteiger partial charge in [0.05, 0.1) is 5.92 Å². The van der Waals surface area contributed by atoms with Gasteiger partial charge >= 0.3 is 0 Å². The van der Waals surface area contributed by atoms with Crippen LogP contribution in [-0.2, 0) is 4.79 Å². The summed E-state index contributed by atoms with van der Waals surface area (Å²) in [5.74, 6) is 0.529. The molecule has 0 aromatic heterocycles. The average molecular weight is 298 g/mol. The highest BCUT2D eigenvalue weighted by molar-refractivity contribution is 6.52. The first kappa shape index (κ1) is 13.3. The summed E-state index contributed by atoms with van der Waals surface area (Å²) in [4.78, 5) is 14.1. The van der Waals surface area contributed by atoms with E-state index in [0.717, 1.165) is 25.9 Å². The van der Waals surface area contributed by atoms with Gasteiger partial charge in [0.25, 0.3) is 0 Å². The van der Waals surface area contributed by atoms with Crippen LogP contribution in [0.1, 0.15) is 30.7 Å². The minimum atomic E-state index is -0.798. The third kappa shape index (κ3) is 2.75. The number of amides is 1. The van der Waals surface area contributed by atoms with Gasteiger partial charge in [0.2, 0.25) is 5.91 Å². The molecule has 1 unspecified atom stereocenters. The van der Waals surface area contributed by atoms with Crippen LogP contribution in [0.2, 0.25) is 0 Å². The Morgan fingerprint density at radius 3 is 2.26 bits per heavy atom. The van der Waals surface area contributed by atoms with E-state index in [4.69, 9.17) is 23.2 Å². The summed E-state index contributed by atoms with van der Waals surface area (Å²) >= 11 is 11.9. The van der Waals surface area contributed by atoms with Gasteiger partial charge in [0, 0.05) is 13.1 Å². The first-order chi connectivity index (χ1) is 9.08. The van der Waals surface area contributed by atoms with Crippen molar-refractivity contribution in [1.29, 1.82) is 0 Å². The molecule has 19 heavy (non-hydrogen) atoms. The minimum absolute atomic E-state index is 0.136. The van der Waals surface area contributed by atoms with Gasteiger partial charge < -0.3 is 4.90 Å². The third-order valence-electron chi connectivity index (χ3n) is 4.20. The number of rotatable bonds is 2. The van der Waals surface area contributed by atoms with Crippen molar-refractivity contribution in [2.24, 2.45) is 5.92 Å². The van der Waals surface area contributed by atoms with Crippen LogP contribution >= 0.6 is 23.2 Å². The zero-order valence-electron chi connectivity index (χ0n) is 10.7. The Hall–Kier alpha value is -0.730. The van der Waals surface area contributed by atoms with Crippen molar-refractivity contribution < 1.29 is 4.79 Å². The molecule has 2 nitrogen and oxygen atoms in total. The Morgan fingerprint density at radius 1 is 1.16 bits per heavy atom. The monoisotopic (exact) mass is 297 g/mol. The zero-order valence-corrected chi connectivity index (χ0v) is 12.2. The van der Waals surface area contributed by atoms with Gasteiger partial charge in [-0.15, -0.1) is 23.2 Å². The molecule has 0 N–H and O–H groups in total. The molecule has 0 bridgehead atoms. The number of alkyl halides is 2. The van der Waals surface area contributed by atoms with Gasteiger partial charge in [-0.3, -0.25) is 4.79 Å². The summed E-state index contributed by atoms with van der Waals surface area (Å²) in [7, 11) is 0. The number of carbonyl (C=O) groups excluding carboxylic acids is 1. The number of likely N-dealkylation sites (tertiary alicyclic amines) is 1. The molecule has 1 aliphatic carbocycles. The van der Waals surface area contributed by atoms with Gasteiger partial charge in [-0.25, -0.2) is 0 Å². The van der Waals surface area contributed by atoms with Gasteiger partial charge in [0.1, 0.15) is 4.33 Å². The SMILES string of the molecule is O=C(C1CC1(Cl)Cl)N1CCC(c2ccccc2)CC1. The molecule has 1 saturated heterocycles. The lowest BCUT2D eigenvalue weighted by Gasteiger charge is -2.32. The Labute approximate surface area is 123 Å². The van der Waals surface area contributed by atoms with E-state index in [1.54, 1.807) is 0 Å². The molecule has 2 aliphatic rings. The number of nitrogens with zero attached hydrogens (tertiary/aromatic N) is 1. The number of halogens is 2. The smallest absolute Gasteiger partial charge is 0.228 e. The molecule has 0 spiro atoms. The standard InChI is InChI=1S/C15H17Cl2NO/c16-15(17)10-13(15)14(19)18-8-6-12(7-9-18)11-4-2-1-3-5-11/h1-5,12-13H,6-10H2. The van der Waals surface area contributed by atoms with Crippen molar-refractivity contribution in [3.63, 3.8) is 0 Å². The number of hydrogen-bond donors (Lipinski definition) is 0. The molecule has 1 saturated carbocycles. The third-order valence-corrected chi connectivity index (χ3v) is 5.04. The Morgan fingerprint density at radius 2 is 1.74 bits per heavy atom. The highest BCUT2D eigenvalue weighted by atomic mass is 35.5. The van der Waals surface area contributed by atoms with E-state index in [-0.39, 0.29) is 11.8 Å². The topological polar surface area (TPSA) is 20.3 Å². The van der Waals surface area contributed by atoms with Crippen LogP contribution < -0.4 is 0 Å². The van der Waals surface area contributed by atoms with Crippen molar-refractivity contribution in [1.82, 2.24) is 4.90 Å². The summed E-state index contributed by atoms with van der Waals surface area (Å²) in [5, 5.41) is 0. The molecule has 1 amide bonds. The zero-order chi connectivity index (χ0) is 13.5. The van der Waals surface area contributed by atoms with Crippen LogP contribution in [0.25, 0.3) is 0 Å². The van der Waals surface area contributed by atoms with E-state index in [9.17, 15) is 4.79 Å². The van der Waals surface area contributed by atoms with Gasteiger partial charge in [0.15, 0.2) is 0 Å². The van der Waals surface area contributed by atoms with Crippen LogP contribution in [-0.4, -0.2) is 28.2 Å². The lowest BCUT2D eigenvalue weighted by molar-refractivity contribution is -0.133. The molecule has 0 radical (unpaired) electrons. The molecule has 3 rings (SSSR count). The predicted octanol–water partition coefficient (Wildman–Crippen LogP) is 3.59. The number of hydrogen-bond acceptors (Lipinski definition) is 1. The molecule has 1 heterocycles. The van der Waals surface area contributed by atoms with Crippen molar-refractivity contribution in [3.05, 3.63) is 35.9 Å². The first-order valence-electron chi connectivity index (χ1n) is 6.79. The van der Waals surface area contributed by atoms with Crippen LogP contribution in [0.3, 0.4) is 0 Å². The highest BCUT2D eigenvalue weighted by Gasteiger charge is 2.57. The molecular formula is C15H17Cl2NO. The molecule has 4 heteroatoms. The van der Waals surface area contributed by atoms with E-state index in [2.05, 4.69) is 24.3 Å². The largest absolute Gasteiger partial charge is 0.342 e. The molecule has 2 fully saturated rings. The lowest BCUT2D eigenvalue weighted by atomic mass is 9.89. The second kappa shape index (κ2) is 4.99. The summed E-state index contributed by atoms with van der Waals surface area (Å²) in [5.41, 5.74) is 1.38. The summed E-state index contributed by atoms with van der Waals surface area (Å²) in [6.45, 7) is 1.64. The van der Waals surface area contributed by atoms with E-state index in [1.807, 2.05) is 11.0 Å². The van der Waals surface area contributed by atoms with Crippen molar-refractivity contribution in [3.8, 4) is 0 Å². The van der Waals surface area contributed by atoms with Crippen molar-refractivity contribution in [2.45, 2.75) is 29.5 Å². The Bertz CT molecular complexity index is 466. The van der Waals surface area contributed by atoms with Crippen LogP contribution in [0.15, 0.2) is 30.3 Å². The second-order valence-corrected chi connectivity index (χ2v) is 7.07. The maximum atomic E-state index is 12.2. The van der Waals surface area contributed by atoms with E-state index in [0.29, 0.717) is 12.3 Å². The second-order valence-electron chi connectivity index (χ2n) is 5.53. The van der Waals surface area contributed by atoms with Gasteiger partial charge in [-0.2, -0.15) is 0 Å². The van der Waals surface area contributed by atoms with Crippen LogP contribution in [0, 0.1) is 5.92 Å². The quantitative estimate of drug-likeness (QED) is 0.764. The molecule has 1 aromatic rings. The maximum Gasteiger partial charge on any atom is 0.228 e. The van der Waals surface area contributed by atoms with Crippen molar-refractivity contribution in [2.75, 3.05) is 13.1 Å². The van der Waals surface area contributed by atoms with E-state index in [1.165, 1.54) is 5.56 Å². The fourth-order valence-corrected chi connectivity index (χ4v) is 3.36. The van der Waals surface area contributed by atoms with Gasteiger partial charge in [-0.05, 0) is 30.7 Å². The fraction of sp³-hybridized carbons (Fsp3) is 0.533. The van der Waals surface area contributed by atoms with E-state index >= 15 is 0 Å². The molecule has 1 aromatic carbocycles. The van der Waals surface area contributed by atoms with Crippen LogP contribution in [0.5, 0.6) is 0 Å². The number of benzene rings is 1. The van der Waals surface area contributed by atoms with E-state index < -0.39 is 4.33 Å². The fourth-order valence-electron chi connectivity index (χ4n) is 2.86. The normalized spacial score (nSPS) is 26.2. The molecule has 102 valence electrons. The van der Waals surface area contributed by atoms with Gasteiger partial charge in [-0.1, -0.05) is 30.3 Å². The lowest BCUT2D eigenvalue weighted by Crippen LogP contribution is -2.39. The average Bonchev–Trinajstić information content (AvgIpc) is 3.08. The van der Waals surface area contributed by atoms with Crippen LogP contribution in [0.4, 0.5) is 0 Å².